The van der Waals surface area contributed by atoms with Crippen molar-refractivity contribution in [2.24, 2.45) is 7.05 Å². The molecule has 27 heavy (non-hydrogen) atoms. The van der Waals surface area contributed by atoms with Crippen molar-refractivity contribution in [3.05, 3.63) is 57.8 Å². The fourth-order valence-electron chi connectivity index (χ4n) is 3.18. The van der Waals surface area contributed by atoms with E-state index in [4.69, 9.17) is 9.26 Å². The highest BCUT2D eigenvalue weighted by Gasteiger charge is 2.21. The van der Waals surface area contributed by atoms with Crippen molar-refractivity contribution in [1.29, 1.82) is 0 Å². The first kappa shape index (κ1) is 17.4. The SMILES string of the molecule is CCOc1ccc(-c2noc(CN3CCc4nn(C)c(=O)cc4C3)n2)cc1. The molecule has 8 nitrogen and oxygen atoms in total. The number of aromatic nitrogens is 4. The van der Waals surface area contributed by atoms with E-state index < -0.39 is 0 Å². The zero-order valence-electron chi connectivity index (χ0n) is 15.4. The zero-order valence-corrected chi connectivity index (χ0v) is 15.4. The second-order valence-corrected chi connectivity index (χ2v) is 6.51. The van der Waals surface area contributed by atoms with Gasteiger partial charge in [-0.25, -0.2) is 4.68 Å². The molecule has 0 fully saturated rings. The molecule has 0 amide bonds. The maximum atomic E-state index is 11.8. The minimum Gasteiger partial charge on any atom is -0.494 e. The van der Waals surface area contributed by atoms with Crippen LogP contribution in [0, 0.1) is 0 Å². The molecule has 8 heteroatoms. The highest BCUT2D eigenvalue weighted by atomic mass is 16.5. The fraction of sp³-hybridized carbons (Fsp3) is 0.368. The topological polar surface area (TPSA) is 86.3 Å². The molecule has 0 spiro atoms. The molecule has 0 bridgehead atoms. The van der Waals surface area contributed by atoms with Gasteiger partial charge in [-0.05, 0) is 36.8 Å². The summed E-state index contributed by atoms with van der Waals surface area (Å²) in [6, 6.07) is 9.28. The van der Waals surface area contributed by atoms with Gasteiger partial charge < -0.3 is 9.26 Å². The van der Waals surface area contributed by atoms with E-state index in [0.717, 1.165) is 35.5 Å². The van der Waals surface area contributed by atoms with Gasteiger partial charge >= 0.3 is 0 Å². The molecule has 140 valence electrons. The second kappa shape index (κ2) is 7.32. The van der Waals surface area contributed by atoms with Gasteiger partial charge in [0.05, 0.1) is 18.8 Å². The first-order valence-electron chi connectivity index (χ1n) is 8.96. The van der Waals surface area contributed by atoms with Gasteiger partial charge in [0.25, 0.3) is 5.56 Å². The average molecular weight is 367 g/mol. The Hall–Kier alpha value is -3.00. The van der Waals surface area contributed by atoms with E-state index >= 15 is 0 Å². The van der Waals surface area contributed by atoms with Gasteiger partial charge in [-0.15, -0.1) is 0 Å². The summed E-state index contributed by atoms with van der Waals surface area (Å²) in [6.45, 7) is 4.61. The molecule has 0 unspecified atom stereocenters. The first-order chi connectivity index (χ1) is 13.1. The number of nitrogens with zero attached hydrogens (tertiary/aromatic N) is 5. The summed E-state index contributed by atoms with van der Waals surface area (Å²) in [7, 11) is 1.68. The second-order valence-electron chi connectivity index (χ2n) is 6.51. The van der Waals surface area contributed by atoms with E-state index in [2.05, 4.69) is 20.1 Å². The highest BCUT2D eigenvalue weighted by molar-refractivity contribution is 5.55. The first-order valence-corrected chi connectivity index (χ1v) is 8.96. The highest BCUT2D eigenvalue weighted by Crippen LogP contribution is 2.21. The van der Waals surface area contributed by atoms with Crippen LogP contribution in [0.25, 0.3) is 11.4 Å². The molecule has 1 aromatic carbocycles. The summed E-state index contributed by atoms with van der Waals surface area (Å²) < 4.78 is 12.2. The van der Waals surface area contributed by atoms with E-state index in [1.54, 1.807) is 13.1 Å². The lowest BCUT2D eigenvalue weighted by atomic mass is 10.1. The van der Waals surface area contributed by atoms with Crippen LogP contribution in [0.15, 0.2) is 39.6 Å². The lowest BCUT2D eigenvalue weighted by Crippen LogP contribution is -2.34. The van der Waals surface area contributed by atoms with Gasteiger partial charge in [0.1, 0.15) is 5.75 Å². The largest absolute Gasteiger partial charge is 0.494 e. The van der Waals surface area contributed by atoms with Crippen molar-refractivity contribution < 1.29 is 9.26 Å². The van der Waals surface area contributed by atoms with E-state index in [1.807, 2.05) is 31.2 Å². The van der Waals surface area contributed by atoms with Gasteiger partial charge in [0, 0.05) is 38.2 Å². The third-order valence-corrected chi connectivity index (χ3v) is 4.57. The van der Waals surface area contributed by atoms with Crippen molar-refractivity contribution in [2.45, 2.75) is 26.4 Å². The van der Waals surface area contributed by atoms with Crippen LogP contribution in [0.5, 0.6) is 5.75 Å². The standard InChI is InChI=1S/C19H21N5O3/c1-3-26-15-6-4-13(5-7-15)19-20-17(27-22-19)12-24-9-8-16-14(11-24)10-18(25)23(2)21-16/h4-7,10H,3,8-9,11-12H2,1-2H3. The predicted octanol–water partition coefficient (Wildman–Crippen LogP) is 1.79. The van der Waals surface area contributed by atoms with E-state index in [9.17, 15) is 4.79 Å². The van der Waals surface area contributed by atoms with E-state index in [-0.39, 0.29) is 5.56 Å². The Kier molecular flexibility index (Phi) is 4.72. The predicted molar refractivity (Wildman–Crippen MR) is 98.2 cm³/mol. The molecule has 2 aromatic heterocycles. The molecule has 4 rings (SSSR count). The quantitative estimate of drug-likeness (QED) is 0.679. The Morgan fingerprint density at radius 3 is 2.85 bits per heavy atom. The van der Waals surface area contributed by atoms with Crippen molar-refractivity contribution >= 4 is 0 Å². The molecule has 0 aliphatic carbocycles. The molecule has 0 atom stereocenters. The average Bonchev–Trinajstić information content (AvgIpc) is 3.12. The molecule has 0 radical (unpaired) electrons. The van der Waals surface area contributed by atoms with Crippen molar-refractivity contribution in [1.82, 2.24) is 24.8 Å². The van der Waals surface area contributed by atoms with Crippen molar-refractivity contribution in [3.63, 3.8) is 0 Å². The number of fused-ring (bicyclic) bond motifs is 1. The van der Waals surface area contributed by atoms with Crippen LogP contribution < -0.4 is 10.3 Å². The third kappa shape index (κ3) is 3.75. The molecule has 3 aromatic rings. The molecule has 1 aliphatic heterocycles. The minimum atomic E-state index is -0.0915. The number of aryl methyl sites for hydroxylation is 1. The van der Waals surface area contributed by atoms with Gasteiger partial charge in [0.2, 0.25) is 11.7 Å². The summed E-state index contributed by atoms with van der Waals surface area (Å²) in [5.41, 5.74) is 2.74. The minimum absolute atomic E-state index is 0.0915. The number of benzene rings is 1. The maximum absolute atomic E-state index is 11.8. The Morgan fingerprint density at radius 1 is 1.26 bits per heavy atom. The number of hydrogen-bond acceptors (Lipinski definition) is 7. The Labute approximate surface area is 156 Å². The summed E-state index contributed by atoms with van der Waals surface area (Å²) >= 11 is 0. The zero-order chi connectivity index (χ0) is 18.8. The van der Waals surface area contributed by atoms with Crippen LogP contribution in [-0.2, 0) is 26.6 Å². The van der Waals surface area contributed by atoms with E-state index in [0.29, 0.717) is 31.4 Å². The van der Waals surface area contributed by atoms with Gasteiger partial charge in [0.15, 0.2) is 0 Å². The number of ether oxygens (including phenoxy) is 1. The Bertz CT molecular complexity index is 993. The summed E-state index contributed by atoms with van der Waals surface area (Å²) in [6.07, 6.45) is 0.795. The number of hydrogen-bond donors (Lipinski definition) is 0. The van der Waals surface area contributed by atoms with Crippen molar-refractivity contribution in [3.8, 4) is 17.1 Å². The van der Waals surface area contributed by atoms with Gasteiger partial charge in [-0.2, -0.15) is 10.1 Å². The Balaban J connectivity index is 1.45. The third-order valence-electron chi connectivity index (χ3n) is 4.57. The molecule has 1 aliphatic rings. The van der Waals surface area contributed by atoms with Crippen LogP contribution >= 0.6 is 0 Å². The fourth-order valence-corrected chi connectivity index (χ4v) is 3.18. The van der Waals surface area contributed by atoms with Crippen LogP contribution in [-0.4, -0.2) is 38.0 Å². The molecule has 3 heterocycles. The molecular formula is C19H21N5O3. The maximum Gasteiger partial charge on any atom is 0.266 e. The van der Waals surface area contributed by atoms with Gasteiger partial charge in [-0.1, -0.05) is 5.16 Å². The van der Waals surface area contributed by atoms with Crippen LogP contribution in [0.3, 0.4) is 0 Å². The van der Waals surface area contributed by atoms with Crippen molar-refractivity contribution in [2.75, 3.05) is 13.2 Å². The monoisotopic (exact) mass is 367 g/mol. The molecule has 0 saturated heterocycles. The summed E-state index contributed by atoms with van der Waals surface area (Å²) in [4.78, 5) is 18.5. The molecular weight excluding hydrogens is 346 g/mol. The smallest absolute Gasteiger partial charge is 0.266 e. The van der Waals surface area contributed by atoms with E-state index in [1.165, 1.54) is 4.68 Å². The van der Waals surface area contributed by atoms with Crippen LogP contribution in [0.4, 0.5) is 0 Å². The molecule has 0 saturated carbocycles. The Morgan fingerprint density at radius 2 is 2.07 bits per heavy atom. The number of rotatable bonds is 5. The van der Waals surface area contributed by atoms with Gasteiger partial charge in [-0.3, -0.25) is 9.69 Å². The summed E-state index contributed by atoms with van der Waals surface area (Å²) in [5, 5.41) is 8.41. The lowest BCUT2D eigenvalue weighted by Gasteiger charge is -2.26. The normalized spacial score (nSPS) is 14.1. The van der Waals surface area contributed by atoms with Crippen LogP contribution in [0.1, 0.15) is 24.1 Å². The van der Waals surface area contributed by atoms with Crippen LogP contribution in [0.2, 0.25) is 0 Å². The molecule has 0 N–H and O–H groups in total. The summed E-state index contributed by atoms with van der Waals surface area (Å²) in [5.74, 6) is 1.93. The lowest BCUT2D eigenvalue weighted by molar-refractivity contribution is 0.207.